The van der Waals surface area contributed by atoms with Crippen LogP contribution in [0.5, 0.6) is 0 Å². The molecule has 0 spiro atoms. The van der Waals surface area contributed by atoms with Gasteiger partial charge in [-0.1, -0.05) is 5.10 Å². The highest BCUT2D eigenvalue weighted by Gasteiger charge is 2.29. The van der Waals surface area contributed by atoms with Crippen molar-refractivity contribution in [3.63, 3.8) is 0 Å². The first kappa shape index (κ1) is 13.5. The van der Waals surface area contributed by atoms with E-state index in [9.17, 15) is 4.79 Å². The van der Waals surface area contributed by atoms with Gasteiger partial charge in [0, 0.05) is 5.92 Å². The first-order valence-electron chi connectivity index (χ1n) is 7.30. The van der Waals surface area contributed by atoms with Crippen molar-refractivity contribution in [1.82, 2.24) is 15.1 Å². The van der Waals surface area contributed by atoms with Gasteiger partial charge in [-0.25, -0.2) is 0 Å². The van der Waals surface area contributed by atoms with Crippen molar-refractivity contribution in [2.24, 2.45) is 11.7 Å². The zero-order valence-corrected chi connectivity index (χ0v) is 11.5. The van der Waals surface area contributed by atoms with E-state index in [-0.39, 0.29) is 11.9 Å². The number of carbonyl (C=O) groups excluding carboxylic acids is 1. The predicted octanol–water partition coefficient (Wildman–Crippen LogP) is 0.556. The molecule has 1 aromatic rings. The Morgan fingerprint density at radius 2 is 2.05 bits per heavy atom. The summed E-state index contributed by atoms with van der Waals surface area (Å²) in [4.78, 5) is 14.1. The number of rotatable bonds is 5. The molecule has 7 nitrogen and oxygen atoms in total. The Morgan fingerprint density at radius 3 is 2.70 bits per heavy atom. The fourth-order valence-electron chi connectivity index (χ4n) is 2.52. The highest BCUT2D eigenvalue weighted by Crippen LogP contribution is 2.39. The van der Waals surface area contributed by atoms with Crippen molar-refractivity contribution in [2.75, 3.05) is 31.5 Å². The highest BCUT2D eigenvalue weighted by atomic mass is 16.4. The third-order valence-corrected chi connectivity index (χ3v) is 4.02. The quantitative estimate of drug-likeness (QED) is 0.817. The molecule has 0 aromatic carbocycles. The number of amides is 1. The van der Waals surface area contributed by atoms with Crippen molar-refractivity contribution in [1.29, 1.82) is 0 Å². The summed E-state index contributed by atoms with van der Waals surface area (Å²) in [5.41, 5.74) is 5.66. The molecule has 1 saturated carbocycles. The Morgan fingerprint density at radius 1 is 1.30 bits per heavy atom. The number of anilines is 1. The third kappa shape index (κ3) is 3.34. The van der Waals surface area contributed by atoms with Crippen molar-refractivity contribution >= 4 is 11.9 Å². The molecule has 0 bridgehead atoms. The van der Waals surface area contributed by atoms with Gasteiger partial charge in [-0.2, -0.15) is 0 Å². The fourth-order valence-corrected chi connectivity index (χ4v) is 2.52. The first-order chi connectivity index (χ1) is 9.74. The Labute approximate surface area is 117 Å². The van der Waals surface area contributed by atoms with Gasteiger partial charge in [0.2, 0.25) is 11.8 Å². The number of nitrogens with zero attached hydrogens (tertiary/aromatic N) is 3. The van der Waals surface area contributed by atoms with Gasteiger partial charge in [0.05, 0.1) is 6.54 Å². The minimum atomic E-state index is -0.0952. The van der Waals surface area contributed by atoms with Crippen LogP contribution in [0.3, 0.4) is 0 Å². The fraction of sp³-hybridized carbons (Fsp3) is 0.769. The zero-order chi connectivity index (χ0) is 13.9. The van der Waals surface area contributed by atoms with Crippen LogP contribution in [-0.2, 0) is 4.79 Å². The maximum Gasteiger partial charge on any atom is 0.322 e. The van der Waals surface area contributed by atoms with Crippen LogP contribution in [0, 0.1) is 5.92 Å². The summed E-state index contributed by atoms with van der Waals surface area (Å²) in [6.07, 6.45) is 4.34. The van der Waals surface area contributed by atoms with Crippen LogP contribution in [0.25, 0.3) is 0 Å². The molecule has 2 fully saturated rings. The Bertz CT molecular complexity index is 463. The molecule has 1 aliphatic carbocycles. The number of aromatic nitrogens is 2. The van der Waals surface area contributed by atoms with Crippen LogP contribution in [0.2, 0.25) is 0 Å². The molecule has 1 saturated heterocycles. The summed E-state index contributed by atoms with van der Waals surface area (Å²) >= 11 is 0. The summed E-state index contributed by atoms with van der Waals surface area (Å²) < 4.78 is 5.41. The molecule has 2 heterocycles. The van der Waals surface area contributed by atoms with Gasteiger partial charge in [-0.15, -0.1) is 5.10 Å². The van der Waals surface area contributed by atoms with E-state index in [1.807, 2.05) is 0 Å². The molecule has 2 aliphatic rings. The number of nitrogens with two attached hydrogens (primary N) is 1. The van der Waals surface area contributed by atoms with Gasteiger partial charge in [0.15, 0.2) is 0 Å². The zero-order valence-electron chi connectivity index (χ0n) is 11.5. The maximum absolute atomic E-state index is 11.9. The van der Waals surface area contributed by atoms with Gasteiger partial charge in [-0.05, 0) is 51.2 Å². The molecular weight excluding hydrogens is 258 g/mol. The maximum atomic E-state index is 11.9. The first-order valence-corrected chi connectivity index (χ1v) is 7.30. The summed E-state index contributed by atoms with van der Waals surface area (Å²) in [6.45, 7) is 2.96. The second-order valence-electron chi connectivity index (χ2n) is 5.72. The molecule has 7 heteroatoms. The molecule has 3 N–H and O–H groups in total. The van der Waals surface area contributed by atoms with Gasteiger partial charge in [-0.3, -0.25) is 15.0 Å². The van der Waals surface area contributed by atoms with Gasteiger partial charge >= 0.3 is 6.01 Å². The lowest BCUT2D eigenvalue weighted by Crippen LogP contribution is -2.40. The normalized spacial score (nSPS) is 21.1. The van der Waals surface area contributed by atoms with Crippen LogP contribution in [-0.4, -0.2) is 47.2 Å². The van der Waals surface area contributed by atoms with Crippen LogP contribution in [0.1, 0.15) is 37.5 Å². The molecule has 3 rings (SSSR count). The van der Waals surface area contributed by atoms with Gasteiger partial charge in [0.25, 0.3) is 0 Å². The van der Waals surface area contributed by atoms with E-state index in [4.69, 9.17) is 10.2 Å². The lowest BCUT2D eigenvalue weighted by atomic mass is 9.97. The smallest absolute Gasteiger partial charge is 0.322 e. The summed E-state index contributed by atoms with van der Waals surface area (Å²) in [5, 5.41) is 10.5. The molecule has 0 radical (unpaired) electrons. The monoisotopic (exact) mass is 279 g/mol. The van der Waals surface area contributed by atoms with Crippen molar-refractivity contribution in [2.45, 2.75) is 31.6 Å². The van der Waals surface area contributed by atoms with E-state index in [1.54, 1.807) is 0 Å². The number of hydrogen-bond donors (Lipinski definition) is 2. The molecule has 20 heavy (non-hydrogen) atoms. The second kappa shape index (κ2) is 5.88. The molecule has 0 unspecified atom stereocenters. The standard InChI is InChI=1S/C13H21N5O2/c14-7-9-3-5-18(6-4-9)8-11(19)15-13-17-16-12(20-13)10-1-2-10/h9-10H,1-8,14H2,(H,15,17,19). The lowest BCUT2D eigenvalue weighted by Gasteiger charge is -2.30. The number of piperidine rings is 1. The average molecular weight is 279 g/mol. The largest absolute Gasteiger partial charge is 0.408 e. The van der Waals surface area contributed by atoms with Crippen LogP contribution >= 0.6 is 0 Å². The van der Waals surface area contributed by atoms with E-state index < -0.39 is 0 Å². The van der Waals surface area contributed by atoms with Crippen LogP contribution in [0.15, 0.2) is 4.42 Å². The average Bonchev–Trinajstić information content (AvgIpc) is 3.20. The highest BCUT2D eigenvalue weighted by molar-refractivity contribution is 5.90. The van der Waals surface area contributed by atoms with Gasteiger partial charge in [0.1, 0.15) is 0 Å². The van der Waals surface area contributed by atoms with Gasteiger partial charge < -0.3 is 10.2 Å². The van der Waals surface area contributed by atoms with E-state index in [0.717, 1.165) is 45.3 Å². The SMILES string of the molecule is NCC1CCN(CC(=O)Nc2nnc(C3CC3)o2)CC1. The number of carbonyl (C=O) groups is 1. The second-order valence-corrected chi connectivity index (χ2v) is 5.72. The topological polar surface area (TPSA) is 97.3 Å². The lowest BCUT2D eigenvalue weighted by molar-refractivity contribution is -0.117. The van der Waals surface area contributed by atoms with Crippen molar-refractivity contribution in [3.05, 3.63) is 5.89 Å². The Balaban J connectivity index is 1.44. The van der Waals surface area contributed by atoms with Crippen molar-refractivity contribution in [3.8, 4) is 0 Å². The molecule has 110 valence electrons. The van der Waals surface area contributed by atoms with E-state index >= 15 is 0 Å². The summed E-state index contributed by atoms with van der Waals surface area (Å²) in [5.74, 6) is 1.56. The predicted molar refractivity (Wildman–Crippen MR) is 73.1 cm³/mol. The molecule has 1 aliphatic heterocycles. The van der Waals surface area contributed by atoms with Crippen LogP contribution < -0.4 is 11.1 Å². The number of hydrogen-bond acceptors (Lipinski definition) is 6. The third-order valence-electron chi connectivity index (χ3n) is 4.02. The minimum Gasteiger partial charge on any atom is -0.408 e. The van der Waals surface area contributed by atoms with E-state index in [1.165, 1.54) is 0 Å². The molecule has 0 atom stereocenters. The van der Waals surface area contributed by atoms with Crippen molar-refractivity contribution < 1.29 is 9.21 Å². The number of likely N-dealkylation sites (tertiary alicyclic amines) is 1. The van der Waals surface area contributed by atoms with E-state index in [2.05, 4.69) is 20.4 Å². The molecule has 1 aromatic heterocycles. The summed E-state index contributed by atoms with van der Waals surface area (Å²) in [7, 11) is 0. The molecule has 1 amide bonds. The number of nitrogens with one attached hydrogen (secondary N) is 1. The molecular formula is C13H21N5O2. The minimum absolute atomic E-state index is 0.0952. The summed E-state index contributed by atoms with van der Waals surface area (Å²) in [6, 6.07) is 0.216. The Hall–Kier alpha value is -1.47. The Kier molecular flexibility index (Phi) is 3.98. The van der Waals surface area contributed by atoms with E-state index in [0.29, 0.717) is 24.3 Å². The van der Waals surface area contributed by atoms with Crippen LogP contribution in [0.4, 0.5) is 6.01 Å².